The van der Waals surface area contributed by atoms with Crippen LogP contribution in [0.2, 0.25) is 0 Å². The smallest absolute Gasteiger partial charge is 0.308 e. The van der Waals surface area contributed by atoms with Gasteiger partial charge in [-0.05, 0) is 12.1 Å². The van der Waals surface area contributed by atoms with Crippen molar-refractivity contribution in [2.75, 3.05) is 11.4 Å². The number of rotatable bonds is 2. The fourth-order valence-corrected chi connectivity index (χ4v) is 1.78. The number of hydrogen-bond acceptors (Lipinski definition) is 2. The van der Waals surface area contributed by atoms with Crippen molar-refractivity contribution in [2.45, 2.75) is 6.42 Å². The number of benzene rings is 1. The van der Waals surface area contributed by atoms with Crippen LogP contribution in [0.15, 0.2) is 24.3 Å². The summed E-state index contributed by atoms with van der Waals surface area (Å²) in [5, 5.41) is 8.79. The van der Waals surface area contributed by atoms with E-state index in [0.29, 0.717) is 0 Å². The van der Waals surface area contributed by atoms with E-state index in [1.165, 1.54) is 23.1 Å². The van der Waals surface area contributed by atoms with Crippen molar-refractivity contribution in [3.05, 3.63) is 30.1 Å². The molecule has 1 heterocycles. The van der Waals surface area contributed by atoms with Crippen molar-refractivity contribution in [3.63, 3.8) is 0 Å². The molecule has 0 radical (unpaired) electrons. The zero-order valence-corrected chi connectivity index (χ0v) is 8.39. The number of amides is 1. The van der Waals surface area contributed by atoms with Crippen LogP contribution in [0.1, 0.15) is 6.42 Å². The summed E-state index contributed by atoms with van der Waals surface area (Å²) in [5.41, 5.74) is 0.149. The van der Waals surface area contributed by atoms with E-state index in [0.717, 1.165) is 0 Å². The highest BCUT2D eigenvalue weighted by Gasteiger charge is 2.35. The summed E-state index contributed by atoms with van der Waals surface area (Å²) in [6.07, 6.45) is -0.0658. The number of para-hydroxylation sites is 1. The Balaban J connectivity index is 2.27. The maximum Gasteiger partial charge on any atom is 0.308 e. The second kappa shape index (κ2) is 3.92. The minimum atomic E-state index is -1.02. The molecule has 1 aromatic rings. The molecule has 1 aromatic carbocycles. The molecule has 0 saturated carbocycles. The van der Waals surface area contributed by atoms with Crippen LogP contribution in [-0.2, 0) is 9.59 Å². The van der Waals surface area contributed by atoms with E-state index in [1.54, 1.807) is 6.07 Å². The van der Waals surface area contributed by atoms with E-state index in [1.807, 2.05) is 0 Å². The van der Waals surface area contributed by atoms with Crippen LogP contribution in [0.25, 0.3) is 0 Å². The van der Waals surface area contributed by atoms with Crippen LogP contribution in [0.4, 0.5) is 10.1 Å². The van der Waals surface area contributed by atoms with Gasteiger partial charge < -0.3 is 10.0 Å². The lowest BCUT2D eigenvalue weighted by Crippen LogP contribution is -2.26. The lowest BCUT2D eigenvalue weighted by Gasteiger charge is -2.16. The number of aliphatic carboxylic acids is 1. The van der Waals surface area contributed by atoms with Gasteiger partial charge in [0, 0.05) is 13.0 Å². The maximum absolute atomic E-state index is 13.4. The molecular formula is C11H10FNO3. The number of nitrogens with zero attached hydrogens (tertiary/aromatic N) is 1. The standard InChI is InChI=1S/C11H10FNO3/c12-8-3-1-2-4-9(8)13-6-7(11(15)16)5-10(13)14/h1-4,7H,5-6H2,(H,15,16). The third-order valence-electron chi connectivity index (χ3n) is 2.62. The fraction of sp³-hybridized carbons (Fsp3) is 0.273. The van der Waals surface area contributed by atoms with Gasteiger partial charge in [-0.2, -0.15) is 0 Å². The first-order chi connectivity index (χ1) is 7.59. The Morgan fingerprint density at radius 2 is 2.12 bits per heavy atom. The largest absolute Gasteiger partial charge is 0.481 e. The van der Waals surface area contributed by atoms with Gasteiger partial charge in [-0.3, -0.25) is 9.59 Å². The molecule has 4 nitrogen and oxygen atoms in total. The zero-order valence-electron chi connectivity index (χ0n) is 8.39. The zero-order chi connectivity index (χ0) is 11.7. The Hall–Kier alpha value is -1.91. The van der Waals surface area contributed by atoms with E-state index in [2.05, 4.69) is 0 Å². The molecule has 1 unspecified atom stereocenters. The van der Waals surface area contributed by atoms with Crippen LogP contribution in [0.3, 0.4) is 0 Å². The summed E-state index contributed by atoms with van der Waals surface area (Å²) in [7, 11) is 0. The summed E-state index contributed by atoms with van der Waals surface area (Å²) in [6, 6.07) is 5.85. The molecule has 1 aliphatic rings. The van der Waals surface area contributed by atoms with Gasteiger partial charge in [0.1, 0.15) is 5.82 Å². The minimum absolute atomic E-state index is 0.0368. The van der Waals surface area contributed by atoms with E-state index < -0.39 is 17.7 Å². The first-order valence-corrected chi connectivity index (χ1v) is 4.87. The number of carbonyl (C=O) groups excluding carboxylic acids is 1. The van der Waals surface area contributed by atoms with Gasteiger partial charge in [0.15, 0.2) is 0 Å². The van der Waals surface area contributed by atoms with E-state index in [-0.39, 0.29) is 24.6 Å². The summed E-state index contributed by atoms with van der Waals surface area (Å²) in [5.74, 6) is -2.63. The van der Waals surface area contributed by atoms with Gasteiger partial charge in [0.2, 0.25) is 5.91 Å². The van der Waals surface area contributed by atoms with Gasteiger partial charge in [-0.25, -0.2) is 4.39 Å². The highest BCUT2D eigenvalue weighted by atomic mass is 19.1. The normalized spacial score (nSPS) is 20.2. The van der Waals surface area contributed by atoms with E-state index in [9.17, 15) is 14.0 Å². The van der Waals surface area contributed by atoms with Crippen molar-refractivity contribution in [1.29, 1.82) is 0 Å². The van der Waals surface area contributed by atoms with Gasteiger partial charge >= 0.3 is 5.97 Å². The average Bonchev–Trinajstić information content (AvgIpc) is 2.61. The Morgan fingerprint density at radius 3 is 2.69 bits per heavy atom. The number of anilines is 1. The molecule has 84 valence electrons. The molecule has 1 fully saturated rings. The predicted octanol–water partition coefficient (Wildman–Crippen LogP) is 1.26. The first-order valence-electron chi connectivity index (χ1n) is 4.87. The molecule has 1 atom stereocenters. The molecule has 1 aliphatic heterocycles. The van der Waals surface area contributed by atoms with Crippen LogP contribution < -0.4 is 4.90 Å². The van der Waals surface area contributed by atoms with E-state index in [4.69, 9.17) is 5.11 Å². The predicted molar refractivity (Wildman–Crippen MR) is 54.5 cm³/mol. The van der Waals surface area contributed by atoms with Crippen molar-refractivity contribution in [1.82, 2.24) is 0 Å². The van der Waals surface area contributed by atoms with Crippen molar-refractivity contribution >= 4 is 17.6 Å². The summed E-state index contributed by atoms with van der Waals surface area (Å²) in [6.45, 7) is 0.0368. The fourth-order valence-electron chi connectivity index (χ4n) is 1.78. The topological polar surface area (TPSA) is 57.6 Å². The van der Waals surface area contributed by atoms with Crippen molar-refractivity contribution in [2.24, 2.45) is 5.92 Å². The second-order valence-electron chi connectivity index (χ2n) is 3.70. The minimum Gasteiger partial charge on any atom is -0.481 e. The SMILES string of the molecule is O=C(O)C1CC(=O)N(c2ccccc2F)C1. The Labute approximate surface area is 91.3 Å². The average molecular weight is 223 g/mol. The van der Waals surface area contributed by atoms with Crippen LogP contribution in [0, 0.1) is 11.7 Å². The monoisotopic (exact) mass is 223 g/mol. The third kappa shape index (κ3) is 1.76. The number of hydrogen-bond donors (Lipinski definition) is 1. The lowest BCUT2D eigenvalue weighted by atomic mass is 10.1. The Bertz CT molecular complexity index is 447. The highest BCUT2D eigenvalue weighted by molar-refractivity contribution is 5.99. The van der Waals surface area contributed by atoms with E-state index >= 15 is 0 Å². The summed E-state index contributed by atoms with van der Waals surface area (Å²) in [4.78, 5) is 23.5. The molecule has 2 rings (SSSR count). The van der Waals surface area contributed by atoms with Gasteiger partial charge in [-0.1, -0.05) is 12.1 Å². The molecule has 1 N–H and O–H groups in total. The molecule has 1 amide bonds. The van der Waals surface area contributed by atoms with Gasteiger partial charge in [-0.15, -0.1) is 0 Å². The highest BCUT2D eigenvalue weighted by Crippen LogP contribution is 2.27. The maximum atomic E-state index is 13.4. The molecule has 0 spiro atoms. The van der Waals surface area contributed by atoms with Crippen LogP contribution >= 0.6 is 0 Å². The Kier molecular flexibility index (Phi) is 2.60. The molecule has 16 heavy (non-hydrogen) atoms. The molecule has 5 heteroatoms. The third-order valence-corrected chi connectivity index (χ3v) is 2.62. The van der Waals surface area contributed by atoms with Crippen LogP contribution in [-0.4, -0.2) is 23.5 Å². The Morgan fingerprint density at radius 1 is 1.44 bits per heavy atom. The number of carboxylic acids is 1. The summed E-state index contributed by atoms with van der Waals surface area (Å²) >= 11 is 0. The number of halogens is 1. The first kappa shape index (κ1) is 10.6. The molecule has 0 aliphatic carbocycles. The van der Waals surface area contributed by atoms with Crippen molar-refractivity contribution < 1.29 is 19.1 Å². The van der Waals surface area contributed by atoms with Crippen molar-refractivity contribution in [3.8, 4) is 0 Å². The second-order valence-corrected chi connectivity index (χ2v) is 3.70. The quantitative estimate of drug-likeness (QED) is 0.821. The molecule has 0 bridgehead atoms. The number of carbonyl (C=O) groups is 2. The molecule has 0 aromatic heterocycles. The molecular weight excluding hydrogens is 213 g/mol. The van der Waals surface area contributed by atoms with Gasteiger partial charge in [0.05, 0.1) is 11.6 Å². The molecule has 1 saturated heterocycles. The van der Waals surface area contributed by atoms with Crippen LogP contribution in [0.5, 0.6) is 0 Å². The number of carboxylic acid groups (broad SMARTS) is 1. The van der Waals surface area contributed by atoms with Gasteiger partial charge in [0.25, 0.3) is 0 Å². The summed E-state index contributed by atoms with van der Waals surface area (Å²) < 4.78 is 13.4. The lowest BCUT2D eigenvalue weighted by molar-refractivity contribution is -0.141.